The number of hydrogen-bond donors (Lipinski definition) is 0. The van der Waals surface area contributed by atoms with Crippen LogP contribution in [0, 0.1) is 0 Å². The second-order valence-electron chi connectivity index (χ2n) is 13.6. The topological polar surface area (TPSA) is 0 Å². The Hall–Kier alpha value is -6.76. The van der Waals surface area contributed by atoms with E-state index in [4.69, 9.17) is 0 Å². The average Bonchev–Trinajstić information content (AvgIpc) is 3.23. The second-order valence-corrected chi connectivity index (χ2v) is 13.6. The van der Waals surface area contributed by atoms with Crippen molar-refractivity contribution in [2.75, 3.05) is 0 Å². The third-order valence-electron chi connectivity index (χ3n) is 10.7. The van der Waals surface area contributed by atoms with Gasteiger partial charge in [-0.1, -0.05) is 200 Å². The molecule has 242 valence electrons. The molecule has 0 aliphatic carbocycles. The molecule has 10 aromatic rings. The minimum absolute atomic E-state index is 1.21. The van der Waals surface area contributed by atoms with Crippen molar-refractivity contribution in [1.29, 1.82) is 0 Å². The van der Waals surface area contributed by atoms with Crippen molar-refractivity contribution in [3.05, 3.63) is 206 Å². The Morgan fingerprint density at radius 2 is 0.673 bits per heavy atom. The first-order valence-electron chi connectivity index (χ1n) is 18.0. The van der Waals surface area contributed by atoms with Gasteiger partial charge in [-0.3, -0.25) is 0 Å². The Morgan fingerprint density at radius 3 is 1.37 bits per heavy atom. The number of fused-ring (bicyclic) bond motifs is 4. The predicted octanol–water partition coefficient (Wildman–Crippen LogP) is 14.6. The third-order valence-corrected chi connectivity index (χ3v) is 10.7. The van der Waals surface area contributed by atoms with Crippen LogP contribution in [0.3, 0.4) is 0 Å². The van der Waals surface area contributed by atoms with Crippen molar-refractivity contribution in [2.45, 2.75) is 0 Å². The van der Waals surface area contributed by atoms with Crippen LogP contribution in [-0.4, -0.2) is 0 Å². The fourth-order valence-electron chi connectivity index (χ4n) is 8.27. The van der Waals surface area contributed by atoms with Crippen LogP contribution in [0.25, 0.3) is 98.7 Å². The molecule has 0 spiro atoms. The number of hydrogen-bond acceptors (Lipinski definition) is 0. The van der Waals surface area contributed by atoms with Gasteiger partial charge in [0.2, 0.25) is 0 Å². The maximum atomic E-state index is 2.39. The smallest absolute Gasteiger partial charge is 0.00201 e. The van der Waals surface area contributed by atoms with Crippen molar-refractivity contribution >= 4 is 43.1 Å². The van der Waals surface area contributed by atoms with E-state index in [0.29, 0.717) is 0 Å². The maximum Gasteiger partial charge on any atom is -0.00201 e. The van der Waals surface area contributed by atoms with Crippen LogP contribution in [0.2, 0.25) is 0 Å². The summed E-state index contributed by atoms with van der Waals surface area (Å²) >= 11 is 0. The van der Waals surface area contributed by atoms with Crippen LogP contribution >= 0.6 is 0 Å². The van der Waals surface area contributed by atoms with Gasteiger partial charge >= 0.3 is 0 Å². The molecular weight excluding hydrogens is 625 g/mol. The maximum absolute atomic E-state index is 2.39. The van der Waals surface area contributed by atoms with E-state index in [1.54, 1.807) is 0 Å². The van der Waals surface area contributed by atoms with Gasteiger partial charge in [0, 0.05) is 0 Å². The lowest BCUT2D eigenvalue weighted by atomic mass is 9.82. The SMILES string of the molecule is c1ccc(-c2ccc3ccc(-c4ccccc4)c(-c4ccc(-c5cccc6ccccc56)c5c(-c6cccc7ccccc67)cccc45)c3c2)cc1. The molecule has 0 unspecified atom stereocenters. The van der Waals surface area contributed by atoms with E-state index < -0.39 is 0 Å². The molecule has 0 amide bonds. The molecule has 0 saturated carbocycles. The molecule has 0 saturated heterocycles. The molecule has 0 atom stereocenters. The molecule has 0 aliphatic heterocycles. The van der Waals surface area contributed by atoms with Crippen LogP contribution in [0.15, 0.2) is 206 Å². The highest BCUT2D eigenvalue weighted by molar-refractivity contribution is 6.20. The fourth-order valence-corrected chi connectivity index (χ4v) is 8.27. The van der Waals surface area contributed by atoms with E-state index in [1.807, 2.05) is 0 Å². The Morgan fingerprint density at radius 1 is 0.212 bits per heavy atom. The molecule has 0 heteroatoms. The van der Waals surface area contributed by atoms with E-state index in [-0.39, 0.29) is 0 Å². The fraction of sp³-hybridized carbons (Fsp3) is 0. The van der Waals surface area contributed by atoms with Gasteiger partial charge in [-0.25, -0.2) is 0 Å². The normalized spacial score (nSPS) is 11.5. The summed E-state index contributed by atoms with van der Waals surface area (Å²) in [5.41, 5.74) is 12.3. The Labute approximate surface area is 303 Å². The highest BCUT2D eigenvalue weighted by atomic mass is 14.2. The summed E-state index contributed by atoms with van der Waals surface area (Å²) in [7, 11) is 0. The van der Waals surface area contributed by atoms with Gasteiger partial charge in [0.25, 0.3) is 0 Å². The quantitative estimate of drug-likeness (QED) is 0.173. The molecule has 0 aliphatic rings. The molecule has 10 rings (SSSR count). The van der Waals surface area contributed by atoms with Gasteiger partial charge in [0.15, 0.2) is 0 Å². The molecule has 0 nitrogen and oxygen atoms in total. The van der Waals surface area contributed by atoms with Gasteiger partial charge in [0.1, 0.15) is 0 Å². The average molecular weight is 659 g/mol. The molecule has 0 aromatic heterocycles. The van der Waals surface area contributed by atoms with Crippen LogP contribution < -0.4 is 0 Å². The molecule has 52 heavy (non-hydrogen) atoms. The summed E-state index contributed by atoms with van der Waals surface area (Å²) in [4.78, 5) is 0. The lowest BCUT2D eigenvalue weighted by molar-refractivity contribution is 1.61. The van der Waals surface area contributed by atoms with Crippen molar-refractivity contribution in [1.82, 2.24) is 0 Å². The third kappa shape index (κ3) is 5.00. The van der Waals surface area contributed by atoms with Crippen LogP contribution in [0.4, 0.5) is 0 Å². The van der Waals surface area contributed by atoms with Crippen LogP contribution in [-0.2, 0) is 0 Å². The summed E-state index contributed by atoms with van der Waals surface area (Å²) in [6.45, 7) is 0. The van der Waals surface area contributed by atoms with Gasteiger partial charge in [-0.05, 0) is 105 Å². The standard InChI is InChI=1S/C52H34/c1-3-14-35(15-4-1)40-29-28-39-30-31-43(38-16-5-2-6-17-38)51(50(39)34-40)49-33-32-48(45-25-12-21-37-19-8-10-23-42(37)45)52-46(26-13-27-47(49)52)44-24-11-20-36-18-7-9-22-41(36)44/h1-34H. The molecule has 0 heterocycles. The first-order valence-corrected chi connectivity index (χ1v) is 18.0. The number of rotatable bonds is 5. The lowest BCUT2D eigenvalue weighted by Crippen LogP contribution is -1.94. The van der Waals surface area contributed by atoms with E-state index in [2.05, 4.69) is 206 Å². The van der Waals surface area contributed by atoms with E-state index in [9.17, 15) is 0 Å². The minimum Gasteiger partial charge on any atom is -0.0622 e. The zero-order valence-electron chi connectivity index (χ0n) is 28.6. The van der Waals surface area contributed by atoms with Crippen LogP contribution in [0.1, 0.15) is 0 Å². The summed E-state index contributed by atoms with van der Waals surface area (Å²) in [6, 6.07) is 75.7. The molecule has 0 bridgehead atoms. The van der Waals surface area contributed by atoms with Gasteiger partial charge in [0.05, 0.1) is 0 Å². The van der Waals surface area contributed by atoms with Gasteiger partial charge in [-0.15, -0.1) is 0 Å². The zero-order chi connectivity index (χ0) is 34.4. The summed E-state index contributed by atoms with van der Waals surface area (Å²) in [6.07, 6.45) is 0. The molecule has 0 fully saturated rings. The largest absolute Gasteiger partial charge is 0.0622 e. The van der Waals surface area contributed by atoms with E-state index in [0.717, 1.165) is 0 Å². The Kier molecular flexibility index (Phi) is 7.25. The minimum atomic E-state index is 1.21. The van der Waals surface area contributed by atoms with Gasteiger partial charge < -0.3 is 0 Å². The highest BCUT2D eigenvalue weighted by Crippen LogP contribution is 2.48. The van der Waals surface area contributed by atoms with Crippen molar-refractivity contribution in [3.63, 3.8) is 0 Å². The molecule has 10 aromatic carbocycles. The van der Waals surface area contributed by atoms with Crippen LogP contribution in [0.5, 0.6) is 0 Å². The molecule has 0 N–H and O–H groups in total. The van der Waals surface area contributed by atoms with Crippen molar-refractivity contribution < 1.29 is 0 Å². The monoisotopic (exact) mass is 658 g/mol. The first-order chi connectivity index (χ1) is 25.8. The molecular formula is C52H34. The highest BCUT2D eigenvalue weighted by Gasteiger charge is 2.20. The predicted molar refractivity (Wildman–Crippen MR) is 224 cm³/mol. The van der Waals surface area contributed by atoms with E-state index >= 15 is 0 Å². The first kappa shape index (κ1) is 30.1. The Bertz CT molecular complexity index is 2830. The van der Waals surface area contributed by atoms with Crippen molar-refractivity contribution in [2.24, 2.45) is 0 Å². The summed E-state index contributed by atoms with van der Waals surface area (Å²) < 4.78 is 0. The van der Waals surface area contributed by atoms with Crippen molar-refractivity contribution in [3.8, 4) is 55.6 Å². The Balaban J connectivity index is 1.36. The summed E-state index contributed by atoms with van der Waals surface area (Å²) in [5.74, 6) is 0. The van der Waals surface area contributed by atoms with Gasteiger partial charge in [-0.2, -0.15) is 0 Å². The second kappa shape index (κ2) is 12.5. The lowest BCUT2D eigenvalue weighted by Gasteiger charge is -2.21. The zero-order valence-corrected chi connectivity index (χ0v) is 28.6. The summed E-state index contributed by atoms with van der Waals surface area (Å²) in [5, 5.41) is 9.99. The van der Waals surface area contributed by atoms with E-state index in [1.165, 1.54) is 98.7 Å². The number of benzene rings is 10. The molecule has 0 radical (unpaired) electrons.